The van der Waals surface area contributed by atoms with Crippen LogP contribution in [0.25, 0.3) is 0 Å². The summed E-state index contributed by atoms with van der Waals surface area (Å²) in [5.41, 5.74) is 3.39. The Morgan fingerprint density at radius 2 is 1.15 bits per heavy atom. The Morgan fingerprint density at radius 3 is 1.55 bits per heavy atom. The van der Waals surface area contributed by atoms with Crippen LogP contribution in [-0.2, 0) is 0 Å². The van der Waals surface area contributed by atoms with Crippen molar-refractivity contribution in [2.24, 2.45) is 0 Å². The molecule has 1 aliphatic rings. The summed E-state index contributed by atoms with van der Waals surface area (Å²) in [6, 6.07) is 21.8. The Bertz CT molecular complexity index is 572. The second-order valence-corrected chi connectivity index (χ2v) is 11.0. The first-order chi connectivity index (χ1) is 9.81. The van der Waals surface area contributed by atoms with Gasteiger partial charge in [0, 0.05) is 0 Å². The third-order valence-corrected chi connectivity index (χ3v) is 11.2. The van der Waals surface area contributed by atoms with E-state index in [2.05, 4.69) is 66.3 Å². The summed E-state index contributed by atoms with van der Waals surface area (Å²) in [6.45, 7) is -2.42. The van der Waals surface area contributed by atoms with E-state index in [1.165, 1.54) is 42.2 Å². The van der Waals surface area contributed by atoms with E-state index in [4.69, 9.17) is 6.42 Å². The fourth-order valence-electron chi connectivity index (χ4n) is 3.73. The van der Waals surface area contributed by atoms with Gasteiger partial charge in [0.1, 0.15) is 0 Å². The first-order valence-electron chi connectivity index (χ1n) is 7.41. The normalized spacial score (nSPS) is 22.1. The van der Waals surface area contributed by atoms with Crippen molar-refractivity contribution in [3.63, 3.8) is 0 Å². The van der Waals surface area contributed by atoms with Crippen LogP contribution >= 0.6 is 6.60 Å². The first kappa shape index (κ1) is 13.4. The fraction of sp³-hybridized carbons (Fsp3) is 0.263. The maximum atomic E-state index is 6.25. The summed E-state index contributed by atoms with van der Waals surface area (Å²) in [7, 11) is 0. The van der Waals surface area contributed by atoms with Gasteiger partial charge in [0.15, 0.2) is 0 Å². The third kappa shape index (κ3) is 1.81. The summed E-state index contributed by atoms with van der Waals surface area (Å²) in [4.78, 5) is 0. The van der Waals surface area contributed by atoms with E-state index in [1.807, 2.05) is 0 Å². The van der Waals surface area contributed by atoms with Crippen molar-refractivity contribution < 1.29 is 0 Å². The van der Waals surface area contributed by atoms with E-state index >= 15 is 0 Å². The molecule has 0 nitrogen and oxygen atoms in total. The van der Waals surface area contributed by atoms with Gasteiger partial charge in [-0.3, -0.25) is 0 Å². The minimum atomic E-state index is -2.42. The van der Waals surface area contributed by atoms with Crippen LogP contribution in [-0.4, -0.2) is 12.3 Å². The number of benzene rings is 2. The molecule has 0 spiro atoms. The molecule has 0 atom stereocenters. The summed E-state index contributed by atoms with van der Waals surface area (Å²) in [6.07, 6.45) is 12.4. The van der Waals surface area contributed by atoms with Crippen LogP contribution < -0.4 is 10.6 Å². The topological polar surface area (TPSA) is 0 Å². The van der Waals surface area contributed by atoms with E-state index in [0.29, 0.717) is 0 Å². The van der Waals surface area contributed by atoms with Crippen molar-refractivity contribution in [1.29, 1.82) is 0 Å². The Balaban J connectivity index is 2.31. The Morgan fingerprint density at radius 1 is 0.700 bits per heavy atom. The van der Waals surface area contributed by atoms with E-state index in [1.54, 1.807) is 0 Å². The SMILES string of the molecule is C#CP1(c2ccccc2)(c2ccccc2)CCCCC1. The summed E-state index contributed by atoms with van der Waals surface area (Å²) >= 11 is 0. The average molecular weight is 280 g/mol. The third-order valence-electron chi connectivity index (χ3n) is 4.87. The van der Waals surface area contributed by atoms with Crippen molar-refractivity contribution in [2.75, 3.05) is 12.3 Å². The van der Waals surface area contributed by atoms with Gasteiger partial charge >= 0.3 is 122 Å². The molecular weight excluding hydrogens is 259 g/mol. The van der Waals surface area contributed by atoms with Crippen LogP contribution in [0.1, 0.15) is 19.3 Å². The molecule has 2 aromatic carbocycles. The van der Waals surface area contributed by atoms with E-state index in [-0.39, 0.29) is 0 Å². The molecule has 0 unspecified atom stereocenters. The summed E-state index contributed by atoms with van der Waals surface area (Å²) < 4.78 is 0. The molecule has 0 N–H and O–H groups in total. The summed E-state index contributed by atoms with van der Waals surface area (Å²) in [5, 5.41) is 2.82. The van der Waals surface area contributed by atoms with Crippen LogP contribution in [0.2, 0.25) is 0 Å². The molecule has 1 fully saturated rings. The monoisotopic (exact) mass is 280 g/mol. The van der Waals surface area contributed by atoms with Crippen molar-refractivity contribution in [3.05, 3.63) is 60.7 Å². The van der Waals surface area contributed by atoms with Crippen molar-refractivity contribution in [1.82, 2.24) is 0 Å². The maximum absolute atomic E-state index is 6.25. The quantitative estimate of drug-likeness (QED) is 0.577. The van der Waals surface area contributed by atoms with Gasteiger partial charge in [-0.05, 0) is 0 Å². The molecule has 1 heteroatoms. The zero-order valence-electron chi connectivity index (χ0n) is 11.8. The zero-order chi connectivity index (χ0) is 13.9. The molecule has 1 saturated heterocycles. The van der Waals surface area contributed by atoms with Crippen molar-refractivity contribution in [3.8, 4) is 12.1 Å². The van der Waals surface area contributed by atoms with Crippen molar-refractivity contribution in [2.45, 2.75) is 19.3 Å². The van der Waals surface area contributed by atoms with Gasteiger partial charge in [-0.25, -0.2) is 0 Å². The van der Waals surface area contributed by atoms with Gasteiger partial charge < -0.3 is 0 Å². The molecule has 0 aliphatic carbocycles. The van der Waals surface area contributed by atoms with Gasteiger partial charge in [0.05, 0.1) is 0 Å². The van der Waals surface area contributed by atoms with Crippen LogP contribution in [0.5, 0.6) is 0 Å². The molecule has 0 amide bonds. The molecule has 102 valence electrons. The molecule has 0 bridgehead atoms. The number of terminal acetylenes is 1. The van der Waals surface area contributed by atoms with Crippen LogP contribution in [0.4, 0.5) is 0 Å². The standard InChI is InChI=1S/C19H21P/c1-2-20(16-10-5-11-17-20,18-12-6-3-7-13-18)19-14-8-4-9-15-19/h1,3-4,6-9,12-15H,5,10-11,16-17H2. The second-order valence-electron chi connectivity index (χ2n) is 5.82. The fourth-order valence-corrected chi connectivity index (χ4v) is 9.47. The number of rotatable bonds is 2. The predicted octanol–water partition coefficient (Wildman–Crippen LogP) is 3.97. The van der Waals surface area contributed by atoms with Gasteiger partial charge in [0.25, 0.3) is 0 Å². The summed E-state index contributed by atoms with van der Waals surface area (Å²) in [5.74, 6) is 0. The Kier molecular flexibility index (Phi) is 3.41. The molecule has 20 heavy (non-hydrogen) atoms. The van der Waals surface area contributed by atoms with Gasteiger partial charge in [-0.1, -0.05) is 0 Å². The van der Waals surface area contributed by atoms with Gasteiger partial charge in [-0.2, -0.15) is 0 Å². The molecule has 0 saturated carbocycles. The van der Waals surface area contributed by atoms with E-state index < -0.39 is 6.60 Å². The predicted molar refractivity (Wildman–Crippen MR) is 91.5 cm³/mol. The molecular formula is C19H21P. The molecule has 1 heterocycles. The van der Waals surface area contributed by atoms with Crippen LogP contribution in [0, 0.1) is 12.1 Å². The number of hydrogen-bond donors (Lipinski definition) is 0. The van der Waals surface area contributed by atoms with Crippen LogP contribution in [0.15, 0.2) is 60.7 Å². The molecule has 1 aliphatic heterocycles. The van der Waals surface area contributed by atoms with Crippen LogP contribution in [0.3, 0.4) is 0 Å². The van der Waals surface area contributed by atoms with E-state index in [0.717, 1.165) is 0 Å². The number of hydrogen-bond acceptors (Lipinski definition) is 0. The Hall–Kier alpha value is -1.57. The van der Waals surface area contributed by atoms with E-state index in [9.17, 15) is 0 Å². The van der Waals surface area contributed by atoms with Crippen molar-refractivity contribution >= 4 is 17.2 Å². The molecule has 0 aromatic heterocycles. The first-order valence-corrected chi connectivity index (χ1v) is 10.0. The second kappa shape index (κ2) is 5.08. The van der Waals surface area contributed by atoms with Gasteiger partial charge in [-0.15, -0.1) is 0 Å². The molecule has 0 radical (unpaired) electrons. The molecule has 2 aromatic rings. The molecule has 3 rings (SSSR count). The average Bonchev–Trinajstić information content (AvgIpc) is 2.57. The Labute approximate surface area is 122 Å². The zero-order valence-corrected chi connectivity index (χ0v) is 12.7. The van der Waals surface area contributed by atoms with Gasteiger partial charge in [0.2, 0.25) is 0 Å². The minimum absolute atomic E-state index is 1.18.